The van der Waals surface area contributed by atoms with Gasteiger partial charge in [0, 0.05) is 29.1 Å². The Bertz CT molecular complexity index is 829. The Morgan fingerprint density at radius 3 is 2.25 bits per heavy atom. The van der Waals surface area contributed by atoms with Gasteiger partial charge in [0.05, 0.1) is 6.61 Å². The summed E-state index contributed by atoms with van der Waals surface area (Å²) in [6, 6.07) is 18.6. The van der Waals surface area contributed by atoms with Gasteiger partial charge in [0.1, 0.15) is 5.75 Å². The maximum atomic E-state index is 12.0. The van der Waals surface area contributed by atoms with Crippen LogP contribution in [0, 0.1) is 0 Å². The summed E-state index contributed by atoms with van der Waals surface area (Å²) in [6.07, 6.45) is 4.94. The van der Waals surface area contributed by atoms with Crippen LogP contribution in [0.2, 0.25) is 0 Å². The van der Waals surface area contributed by atoms with E-state index in [0.717, 1.165) is 55.5 Å². The average molecular weight is 385 g/mol. The number of ether oxygens (including phenoxy) is 1. The van der Waals surface area contributed by atoms with Gasteiger partial charge in [-0.2, -0.15) is 0 Å². The smallest absolute Gasteiger partial charge is 0.238 e. The van der Waals surface area contributed by atoms with Crippen molar-refractivity contribution in [1.82, 2.24) is 4.98 Å². The number of hydrogen-bond acceptors (Lipinski definition) is 1. The standard InChI is InChI=1S/C24H29F2NO/c25-24(26)13-9-4-2-1-3-5-10-16-28-21-15-14-20-17-22(27-23(20)18-21)19-11-7-6-8-12-19/h6-8,11-12,14-15,17-18,24,27H,1-5,9-10,13,16H2. The first kappa shape index (κ1) is 20.4. The Balaban J connectivity index is 1.36. The molecule has 0 unspecified atom stereocenters. The van der Waals surface area contributed by atoms with E-state index in [-0.39, 0.29) is 6.42 Å². The van der Waals surface area contributed by atoms with Crippen molar-refractivity contribution in [3.05, 3.63) is 54.6 Å². The third-order valence-electron chi connectivity index (χ3n) is 5.01. The molecule has 28 heavy (non-hydrogen) atoms. The fourth-order valence-electron chi connectivity index (χ4n) is 3.44. The van der Waals surface area contributed by atoms with Crippen LogP contribution in [0.1, 0.15) is 51.4 Å². The molecule has 150 valence electrons. The largest absolute Gasteiger partial charge is 0.494 e. The van der Waals surface area contributed by atoms with Gasteiger partial charge in [-0.25, -0.2) is 8.78 Å². The number of aromatic nitrogens is 1. The first-order valence-electron chi connectivity index (χ1n) is 10.3. The normalized spacial score (nSPS) is 11.4. The first-order chi connectivity index (χ1) is 13.7. The van der Waals surface area contributed by atoms with Crippen molar-refractivity contribution in [3.8, 4) is 17.0 Å². The molecule has 0 saturated heterocycles. The number of fused-ring (bicyclic) bond motifs is 1. The molecule has 1 aromatic heterocycles. The molecular formula is C24H29F2NO. The van der Waals surface area contributed by atoms with Crippen LogP contribution in [-0.4, -0.2) is 18.0 Å². The molecule has 3 rings (SSSR count). The zero-order valence-corrected chi connectivity index (χ0v) is 16.3. The number of alkyl halides is 2. The molecule has 0 atom stereocenters. The van der Waals surface area contributed by atoms with E-state index in [4.69, 9.17) is 4.74 Å². The third-order valence-corrected chi connectivity index (χ3v) is 5.01. The second-order valence-corrected chi connectivity index (χ2v) is 7.30. The van der Waals surface area contributed by atoms with Gasteiger partial charge in [0.25, 0.3) is 0 Å². The number of nitrogens with one attached hydrogen (secondary N) is 1. The number of hydrogen-bond donors (Lipinski definition) is 1. The van der Waals surface area contributed by atoms with Crippen LogP contribution in [0.5, 0.6) is 5.75 Å². The van der Waals surface area contributed by atoms with Crippen molar-refractivity contribution in [3.63, 3.8) is 0 Å². The molecule has 0 aliphatic rings. The number of benzene rings is 2. The molecule has 0 fully saturated rings. The Hall–Kier alpha value is -2.36. The Morgan fingerprint density at radius 1 is 0.786 bits per heavy atom. The molecule has 0 spiro atoms. The van der Waals surface area contributed by atoms with E-state index in [2.05, 4.69) is 35.3 Å². The van der Waals surface area contributed by atoms with E-state index in [1.54, 1.807) is 0 Å². The maximum absolute atomic E-state index is 12.0. The van der Waals surface area contributed by atoms with E-state index in [1.807, 2.05) is 24.3 Å². The minimum absolute atomic E-state index is 0.0475. The summed E-state index contributed by atoms with van der Waals surface area (Å²) in [5.41, 5.74) is 3.37. The molecule has 4 heteroatoms. The minimum Gasteiger partial charge on any atom is -0.494 e. The monoisotopic (exact) mass is 385 g/mol. The van der Waals surface area contributed by atoms with E-state index in [9.17, 15) is 8.78 Å². The number of rotatable bonds is 12. The lowest BCUT2D eigenvalue weighted by atomic mass is 10.1. The quantitative estimate of drug-likeness (QED) is 0.319. The highest BCUT2D eigenvalue weighted by atomic mass is 19.3. The van der Waals surface area contributed by atoms with Crippen LogP contribution < -0.4 is 4.74 Å². The van der Waals surface area contributed by atoms with Crippen LogP contribution in [0.15, 0.2) is 54.6 Å². The molecule has 3 aromatic rings. The third kappa shape index (κ3) is 6.36. The highest BCUT2D eigenvalue weighted by molar-refractivity contribution is 5.86. The van der Waals surface area contributed by atoms with Gasteiger partial charge in [-0.1, -0.05) is 62.4 Å². The number of halogens is 2. The lowest BCUT2D eigenvalue weighted by Crippen LogP contribution is -1.97. The van der Waals surface area contributed by atoms with Crippen LogP contribution in [-0.2, 0) is 0 Å². The average Bonchev–Trinajstić information content (AvgIpc) is 3.13. The lowest BCUT2D eigenvalue weighted by Gasteiger charge is -2.06. The molecule has 2 nitrogen and oxygen atoms in total. The predicted molar refractivity (Wildman–Crippen MR) is 112 cm³/mol. The summed E-state index contributed by atoms with van der Waals surface area (Å²) >= 11 is 0. The van der Waals surface area contributed by atoms with E-state index < -0.39 is 6.43 Å². The zero-order valence-electron chi connectivity index (χ0n) is 16.3. The van der Waals surface area contributed by atoms with Crippen molar-refractivity contribution >= 4 is 10.9 Å². The fraction of sp³-hybridized carbons (Fsp3) is 0.417. The molecule has 0 amide bonds. The predicted octanol–water partition coefficient (Wildman–Crippen LogP) is 7.60. The second-order valence-electron chi connectivity index (χ2n) is 7.30. The summed E-state index contributed by atoms with van der Waals surface area (Å²) in [6.45, 7) is 0.711. The topological polar surface area (TPSA) is 25.0 Å². The second kappa shape index (κ2) is 10.8. The summed E-state index contributed by atoms with van der Waals surface area (Å²) in [7, 11) is 0. The number of aromatic amines is 1. The van der Waals surface area contributed by atoms with E-state index in [1.165, 1.54) is 10.9 Å². The van der Waals surface area contributed by atoms with E-state index >= 15 is 0 Å². The summed E-state index contributed by atoms with van der Waals surface area (Å²) < 4.78 is 30.0. The molecule has 0 radical (unpaired) electrons. The number of H-pyrrole nitrogens is 1. The summed E-state index contributed by atoms with van der Waals surface area (Å²) in [4.78, 5) is 3.47. The highest BCUT2D eigenvalue weighted by Crippen LogP contribution is 2.27. The molecule has 1 heterocycles. The van der Waals surface area contributed by atoms with Crippen LogP contribution >= 0.6 is 0 Å². The van der Waals surface area contributed by atoms with Crippen molar-refractivity contribution < 1.29 is 13.5 Å². The molecule has 0 aliphatic carbocycles. The molecule has 1 N–H and O–H groups in total. The van der Waals surface area contributed by atoms with Gasteiger partial charge in [0.15, 0.2) is 0 Å². The molecule has 2 aromatic carbocycles. The van der Waals surface area contributed by atoms with Crippen LogP contribution in [0.25, 0.3) is 22.2 Å². The van der Waals surface area contributed by atoms with Crippen molar-refractivity contribution in [1.29, 1.82) is 0 Å². The summed E-state index contributed by atoms with van der Waals surface area (Å²) in [5, 5.41) is 1.18. The SMILES string of the molecule is FC(F)CCCCCCCCCOc1ccc2cc(-c3ccccc3)[nH]c2c1. The van der Waals surface area contributed by atoms with Gasteiger partial charge in [0.2, 0.25) is 6.43 Å². The van der Waals surface area contributed by atoms with Crippen molar-refractivity contribution in [2.24, 2.45) is 0 Å². The maximum Gasteiger partial charge on any atom is 0.238 e. The molecule has 0 bridgehead atoms. The minimum atomic E-state index is -2.15. The Labute approximate surface area is 165 Å². The summed E-state index contributed by atoms with van der Waals surface area (Å²) in [5.74, 6) is 0.890. The van der Waals surface area contributed by atoms with Crippen LogP contribution in [0.3, 0.4) is 0 Å². The van der Waals surface area contributed by atoms with Gasteiger partial charge in [-0.05, 0) is 36.6 Å². The highest BCUT2D eigenvalue weighted by Gasteiger charge is 2.05. The molecule has 0 saturated carbocycles. The van der Waals surface area contributed by atoms with Gasteiger partial charge in [-0.15, -0.1) is 0 Å². The lowest BCUT2D eigenvalue weighted by molar-refractivity contribution is 0.133. The first-order valence-corrected chi connectivity index (χ1v) is 10.3. The van der Waals surface area contributed by atoms with Crippen molar-refractivity contribution in [2.75, 3.05) is 6.61 Å². The Kier molecular flexibility index (Phi) is 7.89. The van der Waals surface area contributed by atoms with Gasteiger partial charge in [-0.3, -0.25) is 0 Å². The number of unbranched alkanes of at least 4 members (excludes halogenated alkanes) is 6. The molecule has 0 aliphatic heterocycles. The fourth-order valence-corrected chi connectivity index (χ4v) is 3.44. The Morgan fingerprint density at radius 2 is 1.50 bits per heavy atom. The zero-order chi connectivity index (χ0) is 19.6. The molecular weight excluding hydrogens is 356 g/mol. The van der Waals surface area contributed by atoms with E-state index in [0.29, 0.717) is 13.0 Å². The van der Waals surface area contributed by atoms with Gasteiger partial charge < -0.3 is 9.72 Å². The van der Waals surface area contributed by atoms with Gasteiger partial charge >= 0.3 is 0 Å². The van der Waals surface area contributed by atoms with Crippen LogP contribution in [0.4, 0.5) is 8.78 Å². The van der Waals surface area contributed by atoms with Crippen molar-refractivity contribution in [2.45, 2.75) is 57.8 Å².